The molecule has 0 saturated heterocycles. The minimum atomic E-state index is -0.252. The normalized spacial score (nSPS) is 10.6. The molecule has 0 amide bonds. The lowest BCUT2D eigenvalue weighted by Gasteiger charge is -2.08. The van der Waals surface area contributed by atoms with Gasteiger partial charge in [0, 0.05) is 22.7 Å². The van der Waals surface area contributed by atoms with Gasteiger partial charge in [0.15, 0.2) is 5.82 Å². The standard InChI is InChI=1S/C13H12Cl3N3O/c14-9-2-1-8(10(15)5-9)3-4-17-12-6-11(16)18-13(7-20)19-12/h1-2,5-6,20H,3-4,7H2,(H,17,18,19). The molecule has 1 heterocycles. The number of benzene rings is 1. The number of aliphatic hydroxyl groups is 1. The van der Waals surface area contributed by atoms with Gasteiger partial charge in [0.25, 0.3) is 0 Å². The summed E-state index contributed by atoms with van der Waals surface area (Å²) in [6, 6.07) is 7.00. The maximum Gasteiger partial charge on any atom is 0.157 e. The first-order valence-electron chi connectivity index (χ1n) is 5.90. The van der Waals surface area contributed by atoms with Crippen molar-refractivity contribution in [2.24, 2.45) is 0 Å². The van der Waals surface area contributed by atoms with Crippen LogP contribution in [0.15, 0.2) is 24.3 Å². The van der Waals surface area contributed by atoms with E-state index < -0.39 is 0 Å². The summed E-state index contributed by atoms with van der Waals surface area (Å²) < 4.78 is 0. The Kier molecular flexibility index (Phi) is 5.43. The molecule has 0 spiro atoms. The summed E-state index contributed by atoms with van der Waals surface area (Å²) in [5.74, 6) is 0.851. The van der Waals surface area contributed by atoms with Crippen molar-refractivity contribution < 1.29 is 5.11 Å². The third-order valence-electron chi connectivity index (χ3n) is 2.60. The Labute approximate surface area is 131 Å². The molecule has 0 atom stereocenters. The number of anilines is 1. The first-order chi connectivity index (χ1) is 9.58. The van der Waals surface area contributed by atoms with Crippen LogP contribution in [0.2, 0.25) is 15.2 Å². The Morgan fingerprint density at radius 3 is 2.60 bits per heavy atom. The number of halogens is 3. The molecule has 106 valence electrons. The molecule has 0 fully saturated rings. The molecule has 1 aromatic heterocycles. The van der Waals surface area contributed by atoms with Crippen molar-refractivity contribution in [1.82, 2.24) is 9.97 Å². The Morgan fingerprint density at radius 1 is 1.10 bits per heavy atom. The molecule has 0 saturated carbocycles. The van der Waals surface area contributed by atoms with Crippen molar-refractivity contribution in [1.29, 1.82) is 0 Å². The summed E-state index contributed by atoms with van der Waals surface area (Å²) in [5.41, 5.74) is 0.992. The molecule has 0 aliphatic heterocycles. The van der Waals surface area contributed by atoms with Crippen LogP contribution in [-0.2, 0) is 13.0 Å². The van der Waals surface area contributed by atoms with Crippen molar-refractivity contribution >= 4 is 40.6 Å². The Hall–Kier alpha value is -1.07. The summed E-state index contributed by atoms with van der Waals surface area (Å²) in [6.45, 7) is 0.373. The Morgan fingerprint density at radius 2 is 1.90 bits per heavy atom. The summed E-state index contributed by atoms with van der Waals surface area (Å²) in [5, 5.41) is 13.7. The van der Waals surface area contributed by atoms with Crippen molar-refractivity contribution in [3.63, 3.8) is 0 Å². The first kappa shape index (κ1) is 15.3. The van der Waals surface area contributed by atoms with E-state index in [2.05, 4.69) is 15.3 Å². The number of aliphatic hydroxyl groups excluding tert-OH is 1. The van der Waals surface area contributed by atoms with Crippen LogP contribution >= 0.6 is 34.8 Å². The van der Waals surface area contributed by atoms with Crippen molar-refractivity contribution in [2.75, 3.05) is 11.9 Å². The summed E-state index contributed by atoms with van der Waals surface area (Å²) >= 11 is 17.8. The molecule has 2 aromatic rings. The fourth-order valence-corrected chi connectivity index (χ4v) is 2.38. The van der Waals surface area contributed by atoms with E-state index in [1.807, 2.05) is 6.07 Å². The number of hydrogen-bond donors (Lipinski definition) is 2. The number of nitrogens with one attached hydrogen (secondary N) is 1. The van der Waals surface area contributed by atoms with Gasteiger partial charge >= 0.3 is 0 Å². The highest BCUT2D eigenvalue weighted by atomic mass is 35.5. The molecule has 1 aromatic carbocycles. The van der Waals surface area contributed by atoms with Gasteiger partial charge in [0.1, 0.15) is 17.6 Å². The fraction of sp³-hybridized carbons (Fsp3) is 0.231. The highest BCUT2D eigenvalue weighted by Crippen LogP contribution is 2.21. The van der Waals surface area contributed by atoms with Gasteiger partial charge in [-0.3, -0.25) is 0 Å². The number of hydrogen-bond acceptors (Lipinski definition) is 4. The summed E-state index contributed by atoms with van der Waals surface area (Å²) in [7, 11) is 0. The second kappa shape index (κ2) is 7.09. The molecule has 7 heteroatoms. The predicted molar refractivity (Wildman–Crippen MR) is 81.6 cm³/mol. The minimum absolute atomic E-state index is 0.252. The highest BCUT2D eigenvalue weighted by molar-refractivity contribution is 6.35. The van der Waals surface area contributed by atoms with Gasteiger partial charge in [0.2, 0.25) is 0 Å². The second-order valence-electron chi connectivity index (χ2n) is 4.06. The van der Waals surface area contributed by atoms with Crippen molar-refractivity contribution in [2.45, 2.75) is 13.0 Å². The molecule has 20 heavy (non-hydrogen) atoms. The molecular formula is C13H12Cl3N3O. The van der Waals surface area contributed by atoms with E-state index in [-0.39, 0.29) is 17.6 Å². The van der Waals surface area contributed by atoms with E-state index in [0.717, 1.165) is 5.56 Å². The molecular weight excluding hydrogens is 321 g/mol. The van der Waals surface area contributed by atoms with E-state index in [1.165, 1.54) is 0 Å². The van der Waals surface area contributed by atoms with Gasteiger partial charge < -0.3 is 10.4 Å². The average molecular weight is 333 g/mol. The van der Waals surface area contributed by atoms with Gasteiger partial charge in [-0.1, -0.05) is 40.9 Å². The molecule has 0 aliphatic carbocycles. The lowest BCUT2D eigenvalue weighted by Crippen LogP contribution is -2.08. The molecule has 0 bridgehead atoms. The number of nitrogens with zero attached hydrogens (tertiary/aromatic N) is 2. The topological polar surface area (TPSA) is 58.0 Å². The zero-order valence-electron chi connectivity index (χ0n) is 10.4. The Balaban J connectivity index is 1.97. The first-order valence-corrected chi connectivity index (χ1v) is 7.04. The van der Waals surface area contributed by atoms with E-state index >= 15 is 0 Å². The Bertz CT molecular complexity index is 607. The van der Waals surface area contributed by atoms with Gasteiger partial charge in [0.05, 0.1) is 0 Å². The van der Waals surface area contributed by atoms with Crippen LogP contribution in [0.1, 0.15) is 11.4 Å². The average Bonchev–Trinajstić information content (AvgIpc) is 2.40. The fourth-order valence-electron chi connectivity index (χ4n) is 1.68. The van der Waals surface area contributed by atoms with Crippen LogP contribution in [-0.4, -0.2) is 21.6 Å². The van der Waals surface area contributed by atoms with E-state index in [4.69, 9.17) is 39.9 Å². The highest BCUT2D eigenvalue weighted by Gasteiger charge is 2.04. The third-order valence-corrected chi connectivity index (χ3v) is 3.38. The van der Waals surface area contributed by atoms with Crippen LogP contribution in [0.3, 0.4) is 0 Å². The molecule has 4 nitrogen and oxygen atoms in total. The maximum atomic E-state index is 9.01. The van der Waals surface area contributed by atoms with E-state index in [1.54, 1.807) is 18.2 Å². The monoisotopic (exact) mass is 331 g/mol. The van der Waals surface area contributed by atoms with Gasteiger partial charge in [-0.25, -0.2) is 9.97 Å². The number of aromatic nitrogens is 2. The van der Waals surface area contributed by atoms with Crippen molar-refractivity contribution in [3.8, 4) is 0 Å². The zero-order chi connectivity index (χ0) is 14.5. The largest absolute Gasteiger partial charge is 0.388 e. The van der Waals surface area contributed by atoms with Crippen LogP contribution in [0.5, 0.6) is 0 Å². The molecule has 2 rings (SSSR count). The summed E-state index contributed by atoms with van der Waals surface area (Å²) in [4.78, 5) is 7.98. The van der Waals surface area contributed by atoms with Gasteiger partial charge in [-0.05, 0) is 24.1 Å². The lowest BCUT2D eigenvalue weighted by atomic mass is 10.1. The second-order valence-corrected chi connectivity index (χ2v) is 5.29. The van der Waals surface area contributed by atoms with E-state index in [0.29, 0.717) is 28.8 Å². The molecule has 0 aliphatic rings. The molecule has 0 unspecified atom stereocenters. The van der Waals surface area contributed by atoms with E-state index in [9.17, 15) is 0 Å². The quantitative estimate of drug-likeness (QED) is 0.822. The van der Waals surface area contributed by atoms with Crippen LogP contribution in [0.25, 0.3) is 0 Å². The molecule has 2 N–H and O–H groups in total. The smallest absolute Gasteiger partial charge is 0.157 e. The van der Waals surface area contributed by atoms with Crippen molar-refractivity contribution in [3.05, 3.63) is 50.9 Å². The van der Waals surface area contributed by atoms with Gasteiger partial charge in [-0.15, -0.1) is 0 Å². The van der Waals surface area contributed by atoms with Crippen LogP contribution < -0.4 is 5.32 Å². The van der Waals surface area contributed by atoms with Gasteiger partial charge in [-0.2, -0.15) is 0 Å². The SMILES string of the molecule is OCc1nc(Cl)cc(NCCc2ccc(Cl)cc2Cl)n1. The molecule has 0 radical (unpaired) electrons. The van der Waals surface area contributed by atoms with Crippen LogP contribution in [0.4, 0.5) is 5.82 Å². The minimum Gasteiger partial charge on any atom is -0.388 e. The zero-order valence-corrected chi connectivity index (χ0v) is 12.7. The number of rotatable bonds is 5. The lowest BCUT2D eigenvalue weighted by molar-refractivity contribution is 0.271. The maximum absolute atomic E-state index is 9.01. The third kappa shape index (κ3) is 4.21. The predicted octanol–water partition coefficient (Wildman–Crippen LogP) is 3.58. The summed E-state index contributed by atoms with van der Waals surface area (Å²) in [6.07, 6.45) is 0.714. The van der Waals surface area contributed by atoms with Crippen LogP contribution in [0, 0.1) is 0 Å².